The molecule has 0 radical (unpaired) electrons. The molecule has 2 fully saturated rings. The Morgan fingerprint density at radius 1 is 1.19 bits per heavy atom. The van der Waals surface area contributed by atoms with Gasteiger partial charge in [0.1, 0.15) is 0 Å². The lowest BCUT2D eigenvalue weighted by atomic mass is 9.96. The van der Waals surface area contributed by atoms with Crippen molar-refractivity contribution in [1.82, 2.24) is 19.9 Å². The Morgan fingerprint density at radius 2 is 2.00 bits per heavy atom. The number of ether oxygens (including phenoxy) is 1. The molecule has 0 spiro atoms. The fourth-order valence-electron chi connectivity index (χ4n) is 3.23. The van der Waals surface area contributed by atoms with E-state index in [1.807, 2.05) is 0 Å². The van der Waals surface area contributed by atoms with E-state index in [9.17, 15) is 0 Å². The first-order chi connectivity index (χ1) is 10.4. The Morgan fingerprint density at radius 3 is 2.81 bits per heavy atom. The van der Waals surface area contributed by atoms with Gasteiger partial charge in [-0.05, 0) is 25.8 Å². The maximum absolute atomic E-state index is 5.36. The van der Waals surface area contributed by atoms with E-state index in [-0.39, 0.29) is 0 Å². The molecule has 1 aromatic heterocycles. The molecule has 1 saturated heterocycles. The number of aromatic nitrogens is 3. The normalized spacial score (nSPS) is 21.5. The average molecular weight is 293 g/mol. The summed E-state index contributed by atoms with van der Waals surface area (Å²) in [4.78, 5) is 2.46. The number of nitrogens with zero attached hydrogens (tertiary/aromatic N) is 4. The second-order valence-corrected chi connectivity index (χ2v) is 6.11. The molecule has 3 rings (SSSR count). The molecular formula is C15H27N5O. The summed E-state index contributed by atoms with van der Waals surface area (Å²) in [5.74, 6) is 0.919. The van der Waals surface area contributed by atoms with Crippen LogP contribution in [0.4, 0.5) is 5.82 Å². The Hall–Kier alpha value is -1.14. The Balaban J connectivity index is 1.36. The van der Waals surface area contributed by atoms with E-state index in [4.69, 9.17) is 4.74 Å². The topological polar surface area (TPSA) is 55.2 Å². The zero-order valence-electron chi connectivity index (χ0n) is 12.8. The minimum absolute atomic E-state index is 0.565. The van der Waals surface area contributed by atoms with Gasteiger partial charge in [0, 0.05) is 19.6 Å². The molecule has 21 heavy (non-hydrogen) atoms. The summed E-state index contributed by atoms with van der Waals surface area (Å²) in [6.45, 7) is 5.98. The van der Waals surface area contributed by atoms with Gasteiger partial charge in [0.2, 0.25) is 0 Å². The molecule has 1 aliphatic heterocycles. The van der Waals surface area contributed by atoms with Crippen LogP contribution in [-0.4, -0.2) is 59.3 Å². The van der Waals surface area contributed by atoms with Crippen molar-refractivity contribution < 1.29 is 4.74 Å². The smallest absolute Gasteiger partial charge is 0.168 e. The number of nitrogens with one attached hydrogen (secondary N) is 1. The van der Waals surface area contributed by atoms with Crippen LogP contribution in [-0.2, 0) is 4.74 Å². The second-order valence-electron chi connectivity index (χ2n) is 6.11. The molecule has 1 aromatic rings. The van der Waals surface area contributed by atoms with Crippen molar-refractivity contribution in [3.05, 3.63) is 6.20 Å². The van der Waals surface area contributed by atoms with Gasteiger partial charge in [-0.1, -0.05) is 24.5 Å². The van der Waals surface area contributed by atoms with Gasteiger partial charge in [-0.3, -0.25) is 4.90 Å². The molecule has 0 amide bonds. The van der Waals surface area contributed by atoms with Crippen LogP contribution in [0, 0.1) is 0 Å². The van der Waals surface area contributed by atoms with Crippen molar-refractivity contribution in [3.8, 4) is 0 Å². The molecule has 1 aliphatic carbocycles. The van der Waals surface area contributed by atoms with Crippen molar-refractivity contribution in [2.75, 3.05) is 44.7 Å². The van der Waals surface area contributed by atoms with Crippen LogP contribution < -0.4 is 5.32 Å². The summed E-state index contributed by atoms with van der Waals surface area (Å²) < 4.78 is 7.42. The molecule has 0 bridgehead atoms. The van der Waals surface area contributed by atoms with E-state index in [1.165, 1.54) is 32.1 Å². The van der Waals surface area contributed by atoms with Gasteiger partial charge in [-0.25, -0.2) is 4.68 Å². The van der Waals surface area contributed by atoms with Crippen molar-refractivity contribution in [2.24, 2.45) is 0 Å². The highest BCUT2D eigenvalue weighted by Crippen LogP contribution is 2.27. The van der Waals surface area contributed by atoms with E-state index in [0.29, 0.717) is 6.04 Å². The van der Waals surface area contributed by atoms with Gasteiger partial charge in [0.15, 0.2) is 5.82 Å². The maximum atomic E-state index is 5.36. The molecule has 0 unspecified atom stereocenters. The Bertz CT molecular complexity index is 410. The van der Waals surface area contributed by atoms with Gasteiger partial charge < -0.3 is 10.1 Å². The highest BCUT2D eigenvalue weighted by atomic mass is 16.5. The SMILES string of the molecule is c1c(NCCCN2CCOCC2)nnn1C1CCCCC1. The minimum Gasteiger partial charge on any atom is -0.379 e. The van der Waals surface area contributed by atoms with Crippen molar-refractivity contribution in [1.29, 1.82) is 0 Å². The molecule has 1 N–H and O–H groups in total. The lowest BCUT2D eigenvalue weighted by Crippen LogP contribution is -2.37. The summed E-state index contributed by atoms with van der Waals surface area (Å²) in [6.07, 6.45) is 9.73. The highest BCUT2D eigenvalue weighted by Gasteiger charge is 2.16. The molecule has 2 aliphatic rings. The highest BCUT2D eigenvalue weighted by molar-refractivity contribution is 5.29. The van der Waals surface area contributed by atoms with Crippen molar-refractivity contribution >= 4 is 5.82 Å². The van der Waals surface area contributed by atoms with E-state index >= 15 is 0 Å². The molecule has 6 nitrogen and oxygen atoms in total. The molecule has 0 atom stereocenters. The molecule has 0 aromatic carbocycles. The van der Waals surface area contributed by atoms with Gasteiger partial charge in [0.05, 0.1) is 25.5 Å². The number of hydrogen-bond acceptors (Lipinski definition) is 5. The van der Waals surface area contributed by atoms with E-state index < -0.39 is 0 Å². The van der Waals surface area contributed by atoms with Crippen LogP contribution in [0.5, 0.6) is 0 Å². The maximum Gasteiger partial charge on any atom is 0.168 e. The number of anilines is 1. The standard InChI is InChI=1S/C15H27N5O/c1-2-5-14(6-3-1)20-13-15(17-18-20)16-7-4-8-19-9-11-21-12-10-19/h13-14,16H,1-12H2. The predicted molar refractivity (Wildman–Crippen MR) is 82.5 cm³/mol. The van der Waals surface area contributed by atoms with Crippen LogP contribution in [0.2, 0.25) is 0 Å². The van der Waals surface area contributed by atoms with Gasteiger partial charge in [-0.15, -0.1) is 5.10 Å². The third-order valence-corrected chi connectivity index (χ3v) is 4.52. The molecule has 2 heterocycles. The zero-order chi connectivity index (χ0) is 14.3. The van der Waals surface area contributed by atoms with Gasteiger partial charge in [-0.2, -0.15) is 0 Å². The summed E-state index contributed by atoms with van der Waals surface area (Å²) in [6, 6.07) is 0.565. The number of morpholine rings is 1. The third kappa shape index (κ3) is 4.41. The van der Waals surface area contributed by atoms with Gasteiger partial charge >= 0.3 is 0 Å². The summed E-state index contributed by atoms with van der Waals surface area (Å²) in [5.41, 5.74) is 0. The second kappa shape index (κ2) is 7.75. The first kappa shape index (κ1) is 14.8. The number of hydrogen-bond donors (Lipinski definition) is 1. The van der Waals surface area contributed by atoms with Gasteiger partial charge in [0.25, 0.3) is 0 Å². The lowest BCUT2D eigenvalue weighted by molar-refractivity contribution is 0.0378. The van der Waals surface area contributed by atoms with Crippen LogP contribution in [0.3, 0.4) is 0 Å². The minimum atomic E-state index is 0.565. The fraction of sp³-hybridized carbons (Fsp3) is 0.867. The van der Waals surface area contributed by atoms with Crippen LogP contribution in [0.1, 0.15) is 44.6 Å². The van der Waals surface area contributed by atoms with Crippen molar-refractivity contribution in [3.63, 3.8) is 0 Å². The Labute approximate surface area is 126 Å². The van der Waals surface area contributed by atoms with Crippen LogP contribution >= 0.6 is 0 Å². The largest absolute Gasteiger partial charge is 0.379 e. The first-order valence-corrected chi connectivity index (χ1v) is 8.37. The molecule has 118 valence electrons. The lowest BCUT2D eigenvalue weighted by Gasteiger charge is -2.26. The third-order valence-electron chi connectivity index (χ3n) is 4.52. The van der Waals surface area contributed by atoms with Crippen LogP contribution in [0.25, 0.3) is 0 Å². The predicted octanol–water partition coefficient (Wildman–Crippen LogP) is 1.92. The monoisotopic (exact) mass is 293 g/mol. The van der Waals surface area contributed by atoms with E-state index in [1.54, 1.807) is 0 Å². The van der Waals surface area contributed by atoms with E-state index in [0.717, 1.165) is 51.6 Å². The first-order valence-electron chi connectivity index (χ1n) is 8.37. The average Bonchev–Trinajstić information content (AvgIpc) is 3.02. The quantitative estimate of drug-likeness (QED) is 0.812. The summed E-state index contributed by atoms with van der Waals surface area (Å²) in [7, 11) is 0. The Kier molecular flexibility index (Phi) is 5.46. The van der Waals surface area contributed by atoms with E-state index in [2.05, 4.69) is 31.4 Å². The van der Waals surface area contributed by atoms with Crippen molar-refractivity contribution in [2.45, 2.75) is 44.6 Å². The summed E-state index contributed by atoms with van der Waals surface area (Å²) in [5, 5.41) is 11.9. The number of rotatable bonds is 6. The zero-order valence-corrected chi connectivity index (χ0v) is 12.8. The molecule has 6 heteroatoms. The molecular weight excluding hydrogens is 266 g/mol. The fourth-order valence-corrected chi connectivity index (χ4v) is 3.23. The van der Waals surface area contributed by atoms with Crippen LogP contribution in [0.15, 0.2) is 6.20 Å². The summed E-state index contributed by atoms with van der Waals surface area (Å²) >= 11 is 0. The molecule has 1 saturated carbocycles.